The molecule has 21 heavy (non-hydrogen) atoms. The van der Waals surface area contributed by atoms with Gasteiger partial charge in [0.25, 0.3) is 0 Å². The second-order valence-corrected chi connectivity index (χ2v) is 5.14. The molecule has 0 atom stereocenters. The minimum absolute atomic E-state index is 0.137. The molecule has 1 saturated heterocycles. The molecule has 0 aromatic heterocycles. The number of ether oxygens (including phenoxy) is 1. The minimum Gasteiger partial charge on any atom is -0.435 e. The van der Waals surface area contributed by atoms with E-state index in [1.807, 2.05) is 0 Å². The maximum Gasteiger partial charge on any atom is 0.387 e. The number of alkyl halides is 2. The molecule has 1 N–H and O–H groups in total. The number of benzene rings is 1. The van der Waals surface area contributed by atoms with Crippen molar-refractivity contribution in [3.8, 4) is 5.75 Å². The van der Waals surface area contributed by atoms with E-state index < -0.39 is 6.61 Å². The van der Waals surface area contributed by atoms with Crippen LogP contribution in [0.5, 0.6) is 5.75 Å². The van der Waals surface area contributed by atoms with Crippen LogP contribution in [-0.4, -0.2) is 54.2 Å². The van der Waals surface area contributed by atoms with Crippen LogP contribution >= 0.6 is 12.2 Å². The Kier molecular flexibility index (Phi) is 5.69. The van der Waals surface area contributed by atoms with Gasteiger partial charge >= 0.3 is 6.61 Å². The summed E-state index contributed by atoms with van der Waals surface area (Å²) in [6.45, 7) is 4.19. The number of likely N-dealkylation sites (N-methyl/N-ethyl adjacent to an activating group) is 1. The molecule has 2 rings (SSSR count). The van der Waals surface area contributed by atoms with Gasteiger partial charge in [-0.25, -0.2) is 0 Å². The highest BCUT2D eigenvalue weighted by atomic mass is 32.1. The summed E-state index contributed by atoms with van der Waals surface area (Å²) in [5.41, 5.74) is 0.763. The average Bonchev–Trinajstić information content (AvgIpc) is 2.49. The lowest BCUT2D eigenvalue weighted by atomic mass is 10.3. The molecule has 0 radical (unpaired) electrons. The Balaban J connectivity index is 1.85. The second-order valence-electron chi connectivity index (χ2n) is 4.75. The van der Waals surface area contributed by atoms with Gasteiger partial charge in [0.05, 0.1) is 0 Å². The fourth-order valence-corrected chi connectivity index (χ4v) is 2.49. The molecule has 0 bridgehead atoms. The zero-order chi connectivity index (χ0) is 15.2. The number of rotatable bonds is 4. The summed E-state index contributed by atoms with van der Waals surface area (Å²) in [4.78, 5) is 4.49. The zero-order valence-corrected chi connectivity index (χ0v) is 12.7. The van der Waals surface area contributed by atoms with E-state index in [1.54, 1.807) is 12.1 Å². The van der Waals surface area contributed by atoms with Crippen molar-refractivity contribution < 1.29 is 13.5 Å². The number of piperazine rings is 1. The summed E-state index contributed by atoms with van der Waals surface area (Å²) in [6.07, 6.45) is 0. The first-order valence-corrected chi connectivity index (χ1v) is 7.32. The predicted octanol–water partition coefficient (Wildman–Crippen LogP) is 2.62. The highest BCUT2D eigenvalue weighted by Gasteiger charge is 2.17. The number of hydrogen-bond acceptors (Lipinski definition) is 3. The highest BCUT2D eigenvalue weighted by Crippen LogP contribution is 2.18. The Hall–Kier alpha value is -1.47. The van der Waals surface area contributed by atoms with Crippen molar-refractivity contribution in [2.75, 3.05) is 38.0 Å². The first kappa shape index (κ1) is 15.9. The monoisotopic (exact) mass is 315 g/mol. The summed E-state index contributed by atoms with van der Waals surface area (Å²) in [7, 11) is 0. The minimum atomic E-state index is -2.81. The maximum absolute atomic E-state index is 12.1. The van der Waals surface area contributed by atoms with Gasteiger partial charge < -0.3 is 19.9 Å². The predicted molar refractivity (Wildman–Crippen MR) is 83.0 cm³/mol. The van der Waals surface area contributed by atoms with E-state index in [2.05, 4.69) is 26.8 Å². The molecule has 0 amide bonds. The molecule has 0 spiro atoms. The topological polar surface area (TPSA) is 27.7 Å². The van der Waals surface area contributed by atoms with Crippen molar-refractivity contribution >= 4 is 23.0 Å². The molecule has 116 valence electrons. The third-order valence-corrected chi connectivity index (χ3v) is 3.80. The molecule has 1 aromatic rings. The van der Waals surface area contributed by atoms with Gasteiger partial charge in [0.15, 0.2) is 5.11 Å². The number of nitrogens with zero attached hydrogens (tertiary/aromatic N) is 2. The van der Waals surface area contributed by atoms with Crippen LogP contribution in [0, 0.1) is 0 Å². The summed E-state index contributed by atoms with van der Waals surface area (Å²) < 4.78 is 28.4. The molecular formula is C14H19F2N3OS. The molecule has 0 unspecified atom stereocenters. The number of hydrogen-bond donors (Lipinski definition) is 1. The van der Waals surface area contributed by atoms with Crippen LogP contribution in [0.2, 0.25) is 0 Å². The van der Waals surface area contributed by atoms with E-state index in [0.29, 0.717) is 5.11 Å². The Morgan fingerprint density at radius 1 is 1.24 bits per heavy atom. The zero-order valence-electron chi connectivity index (χ0n) is 11.9. The van der Waals surface area contributed by atoms with E-state index in [0.717, 1.165) is 38.4 Å². The maximum atomic E-state index is 12.1. The normalized spacial score (nSPS) is 16.1. The van der Waals surface area contributed by atoms with Crippen LogP contribution in [0.3, 0.4) is 0 Å². The van der Waals surface area contributed by atoms with E-state index in [9.17, 15) is 8.78 Å². The van der Waals surface area contributed by atoms with Crippen LogP contribution in [0.15, 0.2) is 24.3 Å². The van der Waals surface area contributed by atoms with Crippen LogP contribution in [0.25, 0.3) is 0 Å². The summed E-state index contributed by atoms with van der Waals surface area (Å²) in [5.74, 6) is 0.137. The van der Waals surface area contributed by atoms with Crippen LogP contribution in [-0.2, 0) is 0 Å². The van der Waals surface area contributed by atoms with Crippen LogP contribution < -0.4 is 10.1 Å². The van der Waals surface area contributed by atoms with Gasteiger partial charge in [-0.15, -0.1) is 0 Å². The number of halogens is 2. The standard InChI is InChI=1S/C14H19F2N3OS/c1-2-18-7-9-19(10-8-18)14(21)17-11-3-5-12(6-4-11)20-13(15)16/h3-6,13H,2,7-10H2,1H3,(H,17,21). The van der Waals surface area contributed by atoms with Crippen molar-refractivity contribution in [2.45, 2.75) is 13.5 Å². The number of nitrogens with one attached hydrogen (secondary N) is 1. The molecule has 1 aliphatic heterocycles. The molecule has 1 fully saturated rings. The van der Waals surface area contributed by atoms with Crippen LogP contribution in [0.4, 0.5) is 14.5 Å². The third kappa shape index (κ3) is 4.78. The van der Waals surface area contributed by atoms with Gasteiger partial charge in [0.1, 0.15) is 5.75 Å². The molecule has 1 aromatic carbocycles. The molecule has 1 aliphatic rings. The van der Waals surface area contributed by atoms with E-state index in [4.69, 9.17) is 12.2 Å². The molecule has 4 nitrogen and oxygen atoms in total. The number of thiocarbonyl (C=S) groups is 1. The van der Waals surface area contributed by atoms with E-state index in [1.165, 1.54) is 12.1 Å². The first-order valence-electron chi connectivity index (χ1n) is 6.91. The smallest absolute Gasteiger partial charge is 0.387 e. The highest BCUT2D eigenvalue weighted by molar-refractivity contribution is 7.80. The molecule has 1 heterocycles. The van der Waals surface area contributed by atoms with Gasteiger partial charge in [-0.3, -0.25) is 0 Å². The molecule has 0 aliphatic carbocycles. The number of anilines is 1. The second kappa shape index (κ2) is 7.51. The van der Waals surface area contributed by atoms with Gasteiger partial charge in [-0.1, -0.05) is 6.92 Å². The van der Waals surface area contributed by atoms with Crippen molar-refractivity contribution in [1.82, 2.24) is 9.80 Å². The van der Waals surface area contributed by atoms with Gasteiger partial charge in [0, 0.05) is 31.9 Å². The molecule has 7 heteroatoms. The fraction of sp³-hybridized carbons (Fsp3) is 0.500. The Morgan fingerprint density at radius 3 is 2.38 bits per heavy atom. The Bertz CT molecular complexity index is 462. The first-order chi connectivity index (χ1) is 10.1. The van der Waals surface area contributed by atoms with Crippen molar-refractivity contribution in [1.29, 1.82) is 0 Å². The lowest BCUT2D eigenvalue weighted by Crippen LogP contribution is -2.49. The van der Waals surface area contributed by atoms with Crippen LogP contribution in [0.1, 0.15) is 6.92 Å². The third-order valence-electron chi connectivity index (χ3n) is 3.44. The van der Waals surface area contributed by atoms with Crippen molar-refractivity contribution in [2.24, 2.45) is 0 Å². The Morgan fingerprint density at radius 2 is 1.86 bits per heavy atom. The fourth-order valence-electron chi connectivity index (χ4n) is 2.19. The van der Waals surface area contributed by atoms with Crippen molar-refractivity contribution in [3.05, 3.63) is 24.3 Å². The lowest BCUT2D eigenvalue weighted by molar-refractivity contribution is -0.0498. The van der Waals surface area contributed by atoms with Gasteiger partial charge in [0.2, 0.25) is 0 Å². The van der Waals surface area contributed by atoms with Crippen molar-refractivity contribution in [3.63, 3.8) is 0 Å². The molecular weight excluding hydrogens is 296 g/mol. The van der Waals surface area contributed by atoms with E-state index >= 15 is 0 Å². The van der Waals surface area contributed by atoms with Gasteiger partial charge in [-0.05, 0) is 43.0 Å². The average molecular weight is 315 g/mol. The largest absolute Gasteiger partial charge is 0.435 e. The Labute approximate surface area is 128 Å². The quantitative estimate of drug-likeness (QED) is 0.862. The molecule has 0 saturated carbocycles. The summed E-state index contributed by atoms with van der Waals surface area (Å²) in [6, 6.07) is 6.33. The lowest BCUT2D eigenvalue weighted by Gasteiger charge is -2.35. The van der Waals surface area contributed by atoms with Gasteiger partial charge in [-0.2, -0.15) is 8.78 Å². The summed E-state index contributed by atoms with van der Waals surface area (Å²) in [5, 5.41) is 3.78. The van der Waals surface area contributed by atoms with E-state index in [-0.39, 0.29) is 5.75 Å². The summed E-state index contributed by atoms with van der Waals surface area (Å²) >= 11 is 5.38. The SMILES string of the molecule is CCN1CCN(C(=S)Nc2ccc(OC(F)F)cc2)CC1.